The first-order valence-corrected chi connectivity index (χ1v) is 13.0. The fourth-order valence-electron chi connectivity index (χ4n) is 6.69. The van der Waals surface area contributed by atoms with Crippen LogP contribution in [0.15, 0.2) is 29.1 Å². The van der Waals surface area contributed by atoms with E-state index in [0.29, 0.717) is 23.6 Å². The molecule has 0 radical (unpaired) electrons. The molecule has 1 aromatic heterocycles. The van der Waals surface area contributed by atoms with Crippen molar-refractivity contribution in [2.24, 2.45) is 0 Å². The van der Waals surface area contributed by atoms with Crippen molar-refractivity contribution in [3.63, 3.8) is 0 Å². The SMILES string of the molecule is O=C(O)[C@H](CO)Nc1nc2ccccc2n(C2CC3CC[C@@H](C2)N3C2CCCCCCC2)c1=O. The smallest absolute Gasteiger partial charge is 0.328 e. The quantitative estimate of drug-likeness (QED) is 0.595. The molecule has 2 aliphatic heterocycles. The lowest BCUT2D eigenvalue weighted by atomic mass is 9.89. The van der Waals surface area contributed by atoms with Crippen molar-refractivity contribution in [2.45, 2.75) is 101 Å². The van der Waals surface area contributed by atoms with Gasteiger partial charge in [-0.15, -0.1) is 0 Å². The fraction of sp³-hybridized carbons (Fsp3) is 0.654. The second kappa shape index (κ2) is 10.0. The molecule has 0 spiro atoms. The molecule has 5 rings (SSSR count). The summed E-state index contributed by atoms with van der Waals surface area (Å²) in [5.41, 5.74) is 1.14. The van der Waals surface area contributed by atoms with Gasteiger partial charge in [0, 0.05) is 24.2 Å². The number of anilines is 1. The molecule has 2 aromatic rings. The van der Waals surface area contributed by atoms with Gasteiger partial charge in [0.25, 0.3) is 5.56 Å². The van der Waals surface area contributed by atoms with Gasteiger partial charge < -0.3 is 20.1 Å². The number of aliphatic hydroxyl groups is 1. The van der Waals surface area contributed by atoms with Crippen LogP contribution in [0.4, 0.5) is 5.82 Å². The van der Waals surface area contributed by atoms with Crippen molar-refractivity contribution in [1.29, 1.82) is 0 Å². The van der Waals surface area contributed by atoms with Crippen LogP contribution in [0.3, 0.4) is 0 Å². The van der Waals surface area contributed by atoms with Crippen molar-refractivity contribution in [3.05, 3.63) is 34.6 Å². The fourth-order valence-corrected chi connectivity index (χ4v) is 6.69. The maximum absolute atomic E-state index is 13.6. The van der Waals surface area contributed by atoms with Gasteiger partial charge in [0.1, 0.15) is 6.04 Å². The minimum absolute atomic E-state index is 0.00468. The molecule has 0 amide bonds. The highest BCUT2D eigenvalue weighted by Crippen LogP contribution is 2.44. The summed E-state index contributed by atoms with van der Waals surface area (Å²) in [4.78, 5) is 32.3. The average Bonchev–Trinajstić information content (AvgIpc) is 3.06. The molecule has 3 aliphatic rings. The Hall–Kier alpha value is -2.45. The van der Waals surface area contributed by atoms with Gasteiger partial charge >= 0.3 is 5.97 Å². The number of carbonyl (C=O) groups is 1. The van der Waals surface area contributed by atoms with Gasteiger partial charge in [-0.05, 0) is 50.7 Å². The van der Waals surface area contributed by atoms with Crippen LogP contribution in [0.5, 0.6) is 0 Å². The Balaban J connectivity index is 1.46. The lowest BCUT2D eigenvalue weighted by molar-refractivity contribution is -0.138. The molecule has 3 N–H and O–H groups in total. The van der Waals surface area contributed by atoms with Crippen LogP contribution in [0.2, 0.25) is 0 Å². The minimum Gasteiger partial charge on any atom is -0.480 e. The summed E-state index contributed by atoms with van der Waals surface area (Å²) >= 11 is 0. The summed E-state index contributed by atoms with van der Waals surface area (Å²) < 4.78 is 1.85. The number of aromatic nitrogens is 2. The first kappa shape index (κ1) is 23.3. The number of hydrogen-bond donors (Lipinski definition) is 3. The Bertz CT molecular complexity index is 1060. The van der Waals surface area contributed by atoms with Crippen molar-refractivity contribution < 1.29 is 15.0 Å². The van der Waals surface area contributed by atoms with Crippen LogP contribution in [-0.2, 0) is 4.79 Å². The highest BCUT2D eigenvalue weighted by Gasteiger charge is 2.44. The zero-order chi connectivity index (χ0) is 23.7. The maximum atomic E-state index is 13.6. The first-order valence-electron chi connectivity index (χ1n) is 13.0. The molecule has 34 heavy (non-hydrogen) atoms. The normalized spacial score (nSPS) is 27.3. The Morgan fingerprint density at radius 3 is 2.26 bits per heavy atom. The molecular weight excluding hydrogens is 432 g/mol. The van der Waals surface area contributed by atoms with Crippen LogP contribution in [0, 0.1) is 0 Å². The van der Waals surface area contributed by atoms with Gasteiger partial charge in [0.15, 0.2) is 5.82 Å². The lowest BCUT2D eigenvalue weighted by Crippen LogP contribution is -2.50. The number of carboxylic acid groups (broad SMARTS) is 1. The zero-order valence-electron chi connectivity index (χ0n) is 19.7. The molecule has 2 unspecified atom stereocenters. The maximum Gasteiger partial charge on any atom is 0.328 e. The van der Waals surface area contributed by atoms with Gasteiger partial charge in [-0.3, -0.25) is 9.69 Å². The third-order valence-corrected chi connectivity index (χ3v) is 8.21. The van der Waals surface area contributed by atoms with E-state index in [9.17, 15) is 19.8 Å². The Kier molecular flexibility index (Phi) is 6.88. The summed E-state index contributed by atoms with van der Waals surface area (Å²) in [6, 6.07) is 8.01. The molecule has 1 aromatic carbocycles. The number of benzene rings is 1. The predicted octanol–water partition coefficient (Wildman–Crippen LogP) is 3.53. The van der Waals surface area contributed by atoms with Gasteiger partial charge in [-0.1, -0.05) is 44.2 Å². The highest BCUT2D eigenvalue weighted by molar-refractivity contribution is 5.79. The van der Waals surface area contributed by atoms with E-state index in [1.807, 2.05) is 28.8 Å². The van der Waals surface area contributed by atoms with Crippen LogP contribution < -0.4 is 10.9 Å². The summed E-state index contributed by atoms with van der Waals surface area (Å²) in [7, 11) is 0. The number of piperidine rings is 1. The van der Waals surface area contributed by atoms with Crippen LogP contribution >= 0.6 is 0 Å². The monoisotopic (exact) mass is 468 g/mol. The van der Waals surface area contributed by atoms with E-state index in [0.717, 1.165) is 18.4 Å². The van der Waals surface area contributed by atoms with Gasteiger partial charge in [-0.25, -0.2) is 9.78 Å². The molecule has 4 atom stereocenters. The predicted molar refractivity (Wildman–Crippen MR) is 131 cm³/mol. The van der Waals surface area contributed by atoms with Crippen LogP contribution in [-0.4, -0.2) is 61.4 Å². The highest BCUT2D eigenvalue weighted by atomic mass is 16.4. The Labute approximate surface area is 200 Å². The van der Waals surface area contributed by atoms with E-state index in [-0.39, 0.29) is 17.4 Å². The van der Waals surface area contributed by atoms with Crippen LogP contribution in [0.25, 0.3) is 11.0 Å². The summed E-state index contributed by atoms with van der Waals surface area (Å²) in [5.74, 6) is -1.22. The van der Waals surface area contributed by atoms with Crippen molar-refractivity contribution in [3.8, 4) is 0 Å². The molecule has 1 saturated carbocycles. The van der Waals surface area contributed by atoms with Gasteiger partial charge in [-0.2, -0.15) is 0 Å². The number of hydrogen-bond acceptors (Lipinski definition) is 6. The number of nitrogens with one attached hydrogen (secondary N) is 1. The number of rotatable bonds is 6. The largest absolute Gasteiger partial charge is 0.480 e. The molecule has 1 aliphatic carbocycles. The van der Waals surface area contributed by atoms with E-state index in [4.69, 9.17) is 0 Å². The van der Waals surface area contributed by atoms with E-state index >= 15 is 0 Å². The summed E-state index contributed by atoms with van der Waals surface area (Å²) in [5, 5.41) is 21.5. The Morgan fingerprint density at radius 2 is 1.62 bits per heavy atom. The zero-order valence-corrected chi connectivity index (χ0v) is 19.7. The van der Waals surface area contributed by atoms with Gasteiger partial charge in [0.05, 0.1) is 17.6 Å². The van der Waals surface area contributed by atoms with Crippen molar-refractivity contribution in [1.82, 2.24) is 14.5 Å². The summed E-state index contributed by atoms with van der Waals surface area (Å²) in [6.07, 6.45) is 13.5. The molecule has 8 heteroatoms. The Morgan fingerprint density at radius 1 is 0.971 bits per heavy atom. The van der Waals surface area contributed by atoms with E-state index < -0.39 is 18.6 Å². The number of aliphatic hydroxyl groups excluding tert-OH is 1. The molecular formula is C26H36N4O4. The molecule has 2 saturated heterocycles. The first-order chi connectivity index (χ1) is 16.6. The molecule has 8 nitrogen and oxygen atoms in total. The lowest BCUT2D eigenvalue weighted by Gasteiger charge is -2.45. The third kappa shape index (κ3) is 4.45. The second-order valence-electron chi connectivity index (χ2n) is 10.3. The molecule has 3 heterocycles. The van der Waals surface area contributed by atoms with E-state index in [1.54, 1.807) is 0 Å². The number of aliphatic carboxylic acids is 1. The topological polar surface area (TPSA) is 108 Å². The van der Waals surface area contributed by atoms with Crippen LogP contribution in [0.1, 0.15) is 76.7 Å². The van der Waals surface area contributed by atoms with Gasteiger partial charge in [0.2, 0.25) is 0 Å². The van der Waals surface area contributed by atoms with Crippen molar-refractivity contribution in [2.75, 3.05) is 11.9 Å². The third-order valence-electron chi connectivity index (χ3n) is 8.21. The number of carboxylic acids is 1. The standard InChI is InChI=1S/C26H36N4O4/c31-16-22(26(33)34)28-24-25(32)30(23-11-7-6-10-21(23)27-24)20-14-18-12-13-19(15-20)29(18)17-8-4-2-1-3-5-9-17/h6-7,10-11,17-20,22,31H,1-5,8-9,12-16H2,(H,27,28)(H,33,34)/t18-,19?,20?,22-/m0/s1. The second-order valence-corrected chi connectivity index (χ2v) is 10.3. The van der Waals surface area contributed by atoms with E-state index in [2.05, 4.69) is 15.2 Å². The molecule has 184 valence electrons. The number of fused-ring (bicyclic) bond motifs is 3. The summed E-state index contributed by atoms with van der Waals surface area (Å²) in [6.45, 7) is -0.618. The van der Waals surface area contributed by atoms with Crippen molar-refractivity contribution >= 4 is 22.8 Å². The number of para-hydroxylation sites is 2. The number of nitrogens with zero attached hydrogens (tertiary/aromatic N) is 3. The average molecular weight is 469 g/mol. The minimum atomic E-state index is -1.27. The molecule has 2 bridgehead atoms. The molecule has 3 fully saturated rings. The van der Waals surface area contributed by atoms with E-state index in [1.165, 1.54) is 57.8 Å².